The molecule has 0 atom stereocenters. The molecule has 0 fully saturated rings. The summed E-state index contributed by atoms with van der Waals surface area (Å²) in [6.45, 7) is 11.9. The third kappa shape index (κ3) is 6.13. The van der Waals surface area contributed by atoms with E-state index < -0.39 is 0 Å². The van der Waals surface area contributed by atoms with Gasteiger partial charge in [0.1, 0.15) is 5.75 Å². The molecule has 0 aliphatic rings. The van der Waals surface area contributed by atoms with E-state index >= 15 is 0 Å². The fourth-order valence-electron chi connectivity index (χ4n) is 6.46. The summed E-state index contributed by atoms with van der Waals surface area (Å²) in [5.41, 5.74) is 9.02. The number of hydrogen-bond acceptors (Lipinski definition) is 4. The molecule has 46 heavy (non-hydrogen) atoms. The summed E-state index contributed by atoms with van der Waals surface area (Å²) in [5.74, 6) is 0.511. The van der Waals surface area contributed by atoms with Gasteiger partial charge in [-0.25, -0.2) is 0 Å². The molecule has 0 unspecified atom stereocenters. The predicted octanol–water partition coefficient (Wildman–Crippen LogP) is 9.47. The van der Waals surface area contributed by atoms with Crippen LogP contribution in [0.5, 0.6) is 11.5 Å². The predicted molar refractivity (Wildman–Crippen MR) is 190 cm³/mol. The van der Waals surface area contributed by atoms with Gasteiger partial charge in [0.2, 0.25) is 0 Å². The first-order valence-corrected chi connectivity index (χ1v) is 15.6. The Hall–Kier alpha value is -3.86. The first kappa shape index (κ1) is 33.5. The Labute approximate surface area is 291 Å². The van der Waals surface area contributed by atoms with Crippen molar-refractivity contribution in [3.63, 3.8) is 0 Å². The quantitative estimate of drug-likeness (QED) is 0.176. The van der Waals surface area contributed by atoms with Crippen LogP contribution < -0.4 is 4.90 Å². The molecular weight excluding hydrogens is 646 g/mol. The van der Waals surface area contributed by atoms with Crippen molar-refractivity contribution < 1.29 is 36.4 Å². The second-order valence-electron chi connectivity index (χ2n) is 13.5. The number of benzene rings is 5. The van der Waals surface area contributed by atoms with E-state index in [1.807, 2.05) is 24.3 Å². The number of phenolic OH excluding ortho intramolecular Hbond substituents is 2. The average molecular weight is 689 g/mol. The Morgan fingerprint density at radius 3 is 1.80 bits per heavy atom. The first-order valence-electron chi connectivity index (χ1n) is 15.6. The van der Waals surface area contributed by atoms with Crippen molar-refractivity contribution in [2.24, 2.45) is 0 Å². The Balaban J connectivity index is 0.00000417. The molecular formula is C40H43N3O2Zr. The molecule has 1 heterocycles. The molecule has 6 aromatic rings. The van der Waals surface area contributed by atoms with Crippen LogP contribution in [0.2, 0.25) is 0 Å². The number of anilines is 2. The van der Waals surface area contributed by atoms with Gasteiger partial charge in [0, 0.05) is 72.4 Å². The molecule has 6 heteroatoms. The van der Waals surface area contributed by atoms with Crippen molar-refractivity contribution in [2.45, 2.75) is 40.0 Å². The number of aromatic nitrogens is 1. The summed E-state index contributed by atoms with van der Waals surface area (Å²) in [6, 6.07) is 33.2. The van der Waals surface area contributed by atoms with E-state index in [2.05, 4.69) is 136 Å². The molecule has 0 bridgehead atoms. The van der Waals surface area contributed by atoms with E-state index in [1.165, 1.54) is 0 Å². The molecule has 0 spiro atoms. The van der Waals surface area contributed by atoms with Gasteiger partial charge < -0.3 is 24.6 Å². The van der Waals surface area contributed by atoms with Gasteiger partial charge >= 0.3 is 0 Å². The van der Waals surface area contributed by atoms with Crippen LogP contribution in [-0.2, 0) is 31.6 Å². The maximum absolute atomic E-state index is 12.3. The smallest absolute Gasteiger partial charge is 0.163 e. The van der Waals surface area contributed by atoms with E-state index in [1.54, 1.807) is 0 Å². The number of likely N-dealkylation sites (N-methyl/N-ethyl adjacent to an activating group) is 1. The summed E-state index contributed by atoms with van der Waals surface area (Å²) in [7, 11) is 4.12. The SMILES string of the molecule is Cc1cc(N(CCN(C)C)c2ccccc2-c2cc(C)cc(C(C)(C)C)c2O)c(O)c(-n2c3ccccc3c3ccccc32)c1.[Zr]. The van der Waals surface area contributed by atoms with Crippen LogP contribution in [0.1, 0.15) is 37.5 Å². The van der Waals surface area contributed by atoms with Gasteiger partial charge in [-0.1, -0.05) is 81.4 Å². The normalized spacial score (nSPS) is 11.7. The molecule has 0 radical (unpaired) electrons. The molecule has 234 valence electrons. The second-order valence-corrected chi connectivity index (χ2v) is 13.5. The zero-order chi connectivity index (χ0) is 32.0. The Kier molecular flexibility index (Phi) is 9.54. The van der Waals surface area contributed by atoms with Crippen LogP contribution in [0.15, 0.2) is 97.1 Å². The Bertz CT molecular complexity index is 1980. The summed E-state index contributed by atoms with van der Waals surface area (Å²) in [5, 5.41) is 26.3. The second kappa shape index (κ2) is 13.1. The van der Waals surface area contributed by atoms with E-state index in [0.717, 1.165) is 73.2 Å². The van der Waals surface area contributed by atoms with E-state index in [4.69, 9.17) is 0 Å². The minimum atomic E-state index is -0.226. The number of aromatic hydroxyl groups is 2. The fourth-order valence-corrected chi connectivity index (χ4v) is 6.46. The summed E-state index contributed by atoms with van der Waals surface area (Å²) < 4.78 is 2.18. The van der Waals surface area contributed by atoms with Crippen LogP contribution >= 0.6 is 0 Å². The molecule has 5 aromatic carbocycles. The summed E-state index contributed by atoms with van der Waals surface area (Å²) >= 11 is 0. The van der Waals surface area contributed by atoms with E-state index in [-0.39, 0.29) is 37.4 Å². The molecule has 0 amide bonds. The summed E-state index contributed by atoms with van der Waals surface area (Å²) in [4.78, 5) is 4.35. The Morgan fingerprint density at radius 2 is 1.20 bits per heavy atom. The standard InChI is InChI=1S/C40H43N3O2.Zr/c1-26-22-31(38(44)32(23-26)40(3,4)5)30-16-8-11-17-33(30)42(21-20-41(6)7)36-24-27(2)25-37(39(36)45)43-34-18-12-9-14-28(34)29-15-10-13-19-35(29)43;/h8-19,22-25,44-45H,20-21H2,1-7H3;. The van der Waals surface area contributed by atoms with Gasteiger partial charge in [-0.05, 0) is 80.9 Å². The molecule has 1 aromatic heterocycles. The largest absolute Gasteiger partial charge is 0.507 e. The fraction of sp³-hybridized carbons (Fsp3) is 0.250. The van der Waals surface area contributed by atoms with Crippen molar-refractivity contribution in [3.8, 4) is 28.3 Å². The van der Waals surface area contributed by atoms with Crippen molar-refractivity contribution in [3.05, 3.63) is 114 Å². The van der Waals surface area contributed by atoms with Crippen LogP contribution in [0.25, 0.3) is 38.6 Å². The number of rotatable bonds is 7. The number of para-hydroxylation sites is 3. The molecule has 0 saturated heterocycles. The van der Waals surface area contributed by atoms with Crippen molar-refractivity contribution in [1.82, 2.24) is 9.47 Å². The van der Waals surface area contributed by atoms with Crippen molar-refractivity contribution in [2.75, 3.05) is 32.1 Å². The third-order valence-corrected chi connectivity index (χ3v) is 8.64. The zero-order valence-electron chi connectivity index (χ0n) is 27.9. The molecule has 0 aliphatic carbocycles. The van der Waals surface area contributed by atoms with Crippen LogP contribution in [0.3, 0.4) is 0 Å². The van der Waals surface area contributed by atoms with Crippen molar-refractivity contribution in [1.29, 1.82) is 0 Å². The van der Waals surface area contributed by atoms with Crippen LogP contribution in [0.4, 0.5) is 11.4 Å². The van der Waals surface area contributed by atoms with Gasteiger partial charge in [-0.3, -0.25) is 0 Å². The number of fused-ring (bicyclic) bond motifs is 3. The van der Waals surface area contributed by atoms with Crippen molar-refractivity contribution >= 4 is 33.2 Å². The van der Waals surface area contributed by atoms with E-state index in [0.29, 0.717) is 12.3 Å². The van der Waals surface area contributed by atoms with Gasteiger partial charge in [0.05, 0.1) is 22.4 Å². The van der Waals surface area contributed by atoms with Gasteiger partial charge in [-0.2, -0.15) is 0 Å². The average Bonchev–Trinajstić information content (AvgIpc) is 3.33. The number of hydrogen-bond donors (Lipinski definition) is 2. The minimum Gasteiger partial charge on any atom is -0.507 e. The minimum absolute atomic E-state index is 0. The number of nitrogens with zero attached hydrogens (tertiary/aromatic N) is 3. The Morgan fingerprint density at radius 1 is 0.630 bits per heavy atom. The van der Waals surface area contributed by atoms with Gasteiger partial charge in [-0.15, -0.1) is 0 Å². The maximum Gasteiger partial charge on any atom is 0.163 e. The summed E-state index contributed by atoms with van der Waals surface area (Å²) in [6.07, 6.45) is 0. The van der Waals surface area contributed by atoms with Crippen LogP contribution in [-0.4, -0.2) is 46.9 Å². The first-order chi connectivity index (χ1) is 21.5. The molecule has 2 N–H and O–H groups in total. The topological polar surface area (TPSA) is 51.9 Å². The molecule has 0 aliphatic heterocycles. The van der Waals surface area contributed by atoms with Crippen LogP contribution in [0, 0.1) is 13.8 Å². The molecule has 6 rings (SSSR count). The number of phenols is 2. The molecule has 5 nitrogen and oxygen atoms in total. The zero-order valence-corrected chi connectivity index (χ0v) is 30.3. The third-order valence-electron chi connectivity index (χ3n) is 8.64. The number of aryl methyl sites for hydroxylation is 2. The monoisotopic (exact) mass is 687 g/mol. The van der Waals surface area contributed by atoms with E-state index in [9.17, 15) is 10.2 Å². The van der Waals surface area contributed by atoms with Gasteiger partial charge in [0.15, 0.2) is 5.75 Å². The maximum atomic E-state index is 12.3. The van der Waals surface area contributed by atoms with Gasteiger partial charge in [0.25, 0.3) is 0 Å². The molecule has 0 saturated carbocycles.